The molecular formula is C8H16N4O3. The largest absolute Gasteiger partial charge is 0.407 e. The Labute approximate surface area is 87.8 Å². The van der Waals surface area contributed by atoms with Crippen molar-refractivity contribution in [3.05, 3.63) is 5.89 Å². The predicted octanol–water partition coefficient (Wildman–Crippen LogP) is -1.03. The Hall–Kier alpha value is -1.18. The molecule has 7 nitrogen and oxygen atoms in total. The van der Waals surface area contributed by atoms with E-state index in [-0.39, 0.29) is 13.2 Å². The zero-order valence-electron chi connectivity index (χ0n) is 8.72. The molecule has 0 radical (unpaired) electrons. The molecular weight excluding hydrogens is 200 g/mol. The molecule has 0 aliphatic rings. The van der Waals surface area contributed by atoms with Crippen molar-refractivity contribution in [2.75, 3.05) is 38.3 Å². The van der Waals surface area contributed by atoms with E-state index in [9.17, 15) is 0 Å². The Morgan fingerprint density at radius 2 is 2.27 bits per heavy atom. The van der Waals surface area contributed by atoms with Crippen LogP contribution in [-0.4, -0.2) is 48.7 Å². The molecule has 0 aromatic carbocycles. The molecule has 0 fully saturated rings. The van der Waals surface area contributed by atoms with E-state index in [1.807, 2.05) is 0 Å². The van der Waals surface area contributed by atoms with E-state index in [1.54, 1.807) is 12.0 Å². The van der Waals surface area contributed by atoms with Gasteiger partial charge in [0.15, 0.2) is 0 Å². The molecule has 0 saturated heterocycles. The highest BCUT2D eigenvalue weighted by Crippen LogP contribution is 2.10. The average molecular weight is 216 g/mol. The molecule has 1 aromatic heterocycles. The van der Waals surface area contributed by atoms with Crippen molar-refractivity contribution in [3.8, 4) is 0 Å². The standard InChI is InChI=1S/C8H16N4O3/c1-14-5-3-12(2-4-13)8-11-10-7(6-9)15-8/h13H,2-6,9H2,1H3. The number of ether oxygens (including phenoxy) is 1. The van der Waals surface area contributed by atoms with Gasteiger partial charge in [-0.3, -0.25) is 0 Å². The van der Waals surface area contributed by atoms with Crippen LogP contribution in [0.15, 0.2) is 4.42 Å². The monoisotopic (exact) mass is 216 g/mol. The summed E-state index contributed by atoms with van der Waals surface area (Å²) in [4.78, 5) is 1.75. The SMILES string of the molecule is COCCN(CCO)c1nnc(CN)o1. The first-order valence-corrected chi connectivity index (χ1v) is 4.69. The van der Waals surface area contributed by atoms with Gasteiger partial charge >= 0.3 is 6.01 Å². The Morgan fingerprint density at radius 1 is 1.47 bits per heavy atom. The summed E-state index contributed by atoms with van der Waals surface area (Å²) in [6, 6.07) is 0.363. The van der Waals surface area contributed by atoms with Gasteiger partial charge in [0.2, 0.25) is 5.89 Å². The van der Waals surface area contributed by atoms with Gasteiger partial charge < -0.3 is 24.9 Å². The van der Waals surface area contributed by atoms with Crippen LogP contribution in [0.2, 0.25) is 0 Å². The van der Waals surface area contributed by atoms with Gasteiger partial charge in [0, 0.05) is 20.2 Å². The molecule has 1 rings (SSSR count). The number of hydrogen-bond acceptors (Lipinski definition) is 7. The predicted molar refractivity (Wildman–Crippen MR) is 53.4 cm³/mol. The van der Waals surface area contributed by atoms with Crippen molar-refractivity contribution in [2.24, 2.45) is 5.73 Å². The molecule has 0 aliphatic heterocycles. The van der Waals surface area contributed by atoms with E-state index in [1.165, 1.54) is 0 Å². The molecule has 0 bridgehead atoms. The number of hydrogen-bond donors (Lipinski definition) is 2. The maximum Gasteiger partial charge on any atom is 0.318 e. The summed E-state index contributed by atoms with van der Waals surface area (Å²) >= 11 is 0. The highest BCUT2D eigenvalue weighted by atomic mass is 16.5. The van der Waals surface area contributed by atoms with Crippen molar-refractivity contribution < 1.29 is 14.3 Å². The number of methoxy groups -OCH3 is 1. The molecule has 0 aliphatic carbocycles. The van der Waals surface area contributed by atoms with Crippen molar-refractivity contribution in [2.45, 2.75) is 6.54 Å². The zero-order valence-corrected chi connectivity index (χ0v) is 8.72. The van der Waals surface area contributed by atoms with Crippen LogP contribution in [0.4, 0.5) is 6.01 Å². The number of aliphatic hydroxyl groups is 1. The van der Waals surface area contributed by atoms with Crippen LogP contribution < -0.4 is 10.6 Å². The lowest BCUT2D eigenvalue weighted by Crippen LogP contribution is -2.30. The first-order valence-electron chi connectivity index (χ1n) is 4.69. The zero-order chi connectivity index (χ0) is 11.1. The van der Waals surface area contributed by atoms with Crippen LogP contribution in [0.1, 0.15) is 5.89 Å². The van der Waals surface area contributed by atoms with Crippen molar-refractivity contribution in [1.29, 1.82) is 0 Å². The fourth-order valence-electron chi connectivity index (χ4n) is 1.08. The molecule has 0 unspecified atom stereocenters. The average Bonchev–Trinajstić information content (AvgIpc) is 2.72. The maximum atomic E-state index is 8.86. The Morgan fingerprint density at radius 3 is 2.80 bits per heavy atom. The van der Waals surface area contributed by atoms with E-state index in [4.69, 9.17) is 20.0 Å². The quantitative estimate of drug-likeness (QED) is 0.601. The highest BCUT2D eigenvalue weighted by Gasteiger charge is 2.12. The minimum atomic E-state index is 0.0179. The van der Waals surface area contributed by atoms with Gasteiger partial charge in [0.25, 0.3) is 0 Å². The van der Waals surface area contributed by atoms with Crippen molar-refractivity contribution in [3.63, 3.8) is 0 Å². The molecule has 1 heterocycles. The normalized spacial score (nSPS) is 10.6. The Kier molecular flexibility index (Phi) is 5.02. The topological polar surface area (TPSA) is 97.6 Å². The smallest absolute Gasteiger partial charge is 0.318 e. The second-order valence-corrected chi connectivity index (χ2v) is 2.89. The van der Waals surface area contributed by atoms with E-state index in [0.717, 1.165) is 0 Å². The lowest BCUT2D eigenvalue weighted by Gasteiger charge is -2.17. The second kappa shape index (κ2) is 6.33. The lowest BCUT2D eigenvalue weighted by molar-refractivity contribution is 0.201. The molecule has 0 saturated carbocycles. The molecule has 0 atom stereocenters. The van der Waals surface area contributed by atoms with Crippen molar-refractivity contribution >= 4 is 6.01 Å². The Bertz CT molecular complexity index is 279. The summed E-state index contributed by atoms with van der Waals surface area (Å²) in [5.74, 6) is 0.380. The number of aliphatic hydroxyl groups excluding tert-OH is 1. The highest BCUT2D eigenvalue weighted by molar-refractivity contribution is 5.23. The molecule has 1 aromatic rings. The second-order valence-electron chi connectivity index (χ2n) is 2.89. The van der Waals surface area contributed by atoms with Gasteiger partial charge in [-0.25, -0.2) is 0 Å². The molecule has 0 spiro atoms. The third-order valence-electron chi connectivity index (χ3n) is 1.84. The van der Waals surface area contributed by atoms with E-state index in [2.05, 4.69) is 10.2 Å². The number of nitrogens with two attached hydrogens (primary N) is 1. The van der Waals surface area contributed by atoms with E-state index >= 15 is 0 Å². The van der Waals surface area contributed by atoms with Gasteiger partial charge in [0.05, 0.1) is 19.8 Å². The first kappa shape index (κ1) is 11.9. The lowest BCUT2D eigenvalue weighted by atomic mass is 10.5. The summed E-state index contributed by atoms with van der Waals surface area (Å²) in [5, 5.41) is 16.4. The summed E-state index contributed by atoms with van der Waals surface area (Å²) in [7, 11) is 1.61. The van der Waals surface area contributed by atoms with Crippen LogP contribution in [0, 0.1) is 0 Å². The van der Waals surface area contributed by atoms with Gasteiger partial charge in [-0.2, -0.15) is 0 Å². The van der Waals surface area contributed by atoms with Gasteiger partial charge in [0.1, 0.15) is 0 Å². The van der Waals surface area contributed by atoms with Gasteiger partial charge in [-0.05, 0) is 0 Å². The maximum absolute atomic E-state index is 8.86. The first-order chi connectivity index (χ1) is 7.31. The molecule has 3 N–H and O–H groups in total. The number of aromatic nitrogens is 2. The minimum Gasteiger partial charge on any atom is -0.407 e. The molecule has 86 valence electrons. The molecule has 15 heavy (non-hydrogen) atoms. The number of anilines is 1. The van der Waals surface area contributed by atoms with Crippen LogP contribution in [-0.2, 0) is 11.3 Å². The summed E-state index contributed by atoms with van der Waals surface area (Å²) in [5.41, 5.74) is 5.35. The van der Waals surface area contributed by atoms with Gasteiger partial charge in [-0.15, -0.1) is 5.10 Å². The van der Waals surface area contributed by atoms with Crippen LogP contribution in [0.3, 0.4) is 0 Å². The third-order valence-corrected chi connectivity index (χ3v) is 1.84. The summed E-state index contributed by atoms with van der Waals surface area (Å²) < 4.78 is 10.2. The molecule has 0 amide bonds. The van der Waals surface area contributed by atoms with Crippen molar-refractivity contribution in [1.82, 2.24) is 10.2 Å². The molecule has 7 heteroatoms. The summed E-state index contributed by atoms with van der Waals surface area (Å²) in [6.45, 7) is 1.77. The fraction of sp³-hybridized carbons (Fsp3) is 0.750. The summed E-state index contributed by atoms with van der Waals surface area (Å²) in [6.07, 6.45) is 0. The minimum absolute atomic E-state index is 0.0179. The van der Waals surface area contributed by atoms with Crippen LogP contribution >= 0.6 is 0 Å². The van der Waals surface area contributed by atoms with E-state index < -0.39 is 0 Å². The Balaban J connectivity index is 2.60. The van der Waals surface area contributed by atoms with Crippen LogP contribution in [0.5, 0.6) is 0 Å². The number of nitrogens with zero attached hydrogens (tertiary/aromatic N) is 3. The van der Waals surface area contributed by atoms with Gasteiger partial charge in [-0.1, -0.05) is 5.10 Å². The number of rotatable bonds is 7. The van der Waals surface area contributed by atoms with Crippen LogP contribution in [0.25, 0.3) is 0 Å². The fourth-order valence-corrected chi connectivity index (χ4v) is 1.08. The van der Waals surface area contributed by atoms with E-state index in [0.29, 0.717) is 31.6 Å². The third kappa shape index (κ3) is 3.46.